The highest BCUT2D eigenvalue weighted by atomic mass is 16.5. The Morgan fingerprint density at radius 3 is 2.62 bits per heavy atom. The molecule has 1 N–H and O–H groups in total. The molecule has 1 rings (SSSR count). The molecule has 16 heavy (non-hydrogen) atoms. The number of hydrogen-bond donors (Lipinski definition) is 1. The number of ether oxygens (including phenoxy) is 1. The zero-order chi connectivity index (χ0) is 12.0. The molecule has 2 atom stereocenters. The lowest BCUT2D eigenvalue weighted by Crippen LogP contribution is -2.36. The van der Waals surface area contributed by atoms with Crippen LogP contribution in [0.15, 0.2) is 0 Å². The Morgan fingerprint density at radius 2 is 2.12 bits per heavy atom. The molecule has 2 nitrogen and oxygen atoms in total. The van der Waals surface area contributed by atoms with E-state index >= 15 is 0 Å². The number of hydrogen-bond acceptors (Lipinski definition) is 2. The molecular formula is C14H29NO. The summed E-state index contributed by atoms with van der Waals surface area (Å²) in [7, 11) is 0. The highest BCUT2D eigenvalue weighted by Crippen LogP contribution is 2.21. The van der Waals surface area contributed by atoms with Crippen molar-refractivity contribution in [1.29, 1.82) is 0 Å². The average Bonchev–Trinajstić information content (AvgIpc) is 2.69. The van der Waals surface area contributed by atoms with Gasteiger partial charge in [-0.2, -0.15) is 0 Å². The SMILES string of the molecule is CCC(NCCCC(C)(C)C)C1CCOC1. The summed E-state index contributed by atoms with van der Waals surface area (Å²) in [6.45, 7) is 12.3. The van der Waals surface area contributed by atoms with Gasteiger partial charge in [0.05, 0.1) is 6.61 Å². The van der Waals surface area contributed by atoms with Gasteiger partial charge in [0.25, 0.3) is 0 Å². The molecule has 0 aromatic rings. The van der Waals surface area contributed by atoms with Crippen molar-refractivity contribution in [2.75, 3.05) is 19.8 Å². The van der Waals surface area contributed by atoms with Crippen molar-refractivity contribution in [3.8, 4) is 0 Å². The van der Waals surface area contributed by atoms with E-state index in [1.165, 1.54) is 25.7 Å². The molecule has 1 heterocycles. The Kier molecular flexibility index (Phi) is 5.77. The highest BCUT2D eigenvalue weighted by molar-refractivity contribution is 4.78. The third-order valence-electron chi connectivity index (χ3n) is 3.48. The van der Waals surface area contributed by atoms with Crippen molar-refractivity contribution in [3.63, 3.8) is 0 Å². The van der Waals surface area contributed by atoms with Gasteiger partial charge in [-0.05, 0) is 43.6 Å². The molecule has 1 saturated heterocycles. The summed E-state index contributed by atoms with van der Waals surface area (Å²) in [5.74, 6) is 0.750. The summed E-state index contributed by atoms with van der Waals surface area (Å²) in [6.07, 6.45) is 5.06. The lowest BCUT2D eigenvalue weighted by atomic mass is 9.90. The van der Waals surface area contributed by atoms with Crippen LogP contribution in [0.2, 0.25) is 0 Å². The van der Waals surface area contributed by atoms with Crippen LogP contribution in [0.25, 0.3) is 0 Å². The van der Waals surface area contributed by atoms with E-state index in [0.717, 1.165) is 25.7 Å². The van der Waals surface area contributed by atoms with Gasteiger partial charge >= 0.3 is 0 Å². The number of rotatable bonds is 6. The second-order valence-corrected chi connectivity index (χ2v) is 6.26. The van der Waals surface area contributed by atoms with Crippen molar-refractivity contribution in [2.24, 2.45) is 11.3 Å². The molecule has 1 fully saturated rings. The molecule has 1 aliphatic heterocycles. The van der Waals surface area contributed by atoms with Gasteiger partial charge in [-0.15, -0.1) is 0 Å². The molecule has 0 saturated carbocycles. The maximum Gasteiger partial charge on any atom is 0.0509 e. The van der Waals surface area contributed by atoms with Crippen molar-refractivity contribution in [2.45, 2.75) is 59.4 Å². The minimum atomic E-state index is 0.472. The quantitative estimate of drug-likeness (QED) is 0.704. The minimum Gasteiger partial charge on any atom is -0.381 e. The summed E-state index contributed by atoms with van der Waals surface area (Å²) < 4.78 is 5.46. The third kappa shape index (κ3) is 5.31. The first-order chi connectivity index (χ1) is 7.53. The summed E-state index contributed by atoms with van der Waals surface area (Å²) >= 11 is 0. The van der Waals surface area contributed by atoms with E-state index in [1.54, 1.807) is 0 Å². The third-order valence-corrected chi connectivity index (χ3v) is 3.48. The molecule has 96 valence electrons. The Morgan fingerprint density at radius 1 is 1.38 bits per heavy atom. The molecule has 2 heteroatoms. The zero-order valence-corrected chi connectivity index (χ0v) is 11.5. The minimum absolute atomic E-state index is 0.472. The fraction of sp³-hybridized carbons (Fsp3) is 1.00. The second kappa shape index (κ2) is 6.61. The Bertz CT molecular complexity index is 180. The van der Waals surface area contributed by atoms with Crippen molar-refractivity contribution < 1.29 is 4.74 Å². The summed E-state index contributed by atoms with van der Waals surface area (Å²) in [4.78, 5) is 0. The highest BCUT2D eigenvalue weighted by Gasteiger charge is 2.23. The molecule has 0 aromatic heterocycles. The molecule has 0 amide bonds. The molecular weight excluding hydrogens is 198 g/mol. The smallest absolute Gasteiger partial charge is 0.0509 e. The largest absolute Gasteiger partial charge is 0.381 e. The van der Waals surface area contributed by atoms with E-state index < -0.39 is 0 Å². The fourth-order valence-electron chi connectivity index (χ4n) is 2.42. The molecule has 1 aliphatic rings. The monoisotopic (exact) mass is 227 g/mol. The van der Waals surface area contributed by atoms with E-state index in [0.29, 0.717) is 11.5 Å². The molecule has 0 radical (unpaired) electrons. The van der Waals surface area contributed by atoms with Crippen LogP contribution in [-0.4, -0.2) is 25.8 Å². The van der Waals surface area contributed by atoms with E-state index in [2.05, 4.69) is 33.0 Å². The summed E-state index contributed by atoms with van der Waals surface area (Å²) in [5.41, 5.74) is 0.472. The van der Waals surface area contributed by atoms with Crippen molar-refractivity contribution in [3.05, 3.63) is 0 Å². The van der Waals surface area contributed by atoms with Crippen LogP contribution in [0.3, 0.4) is 0 Å². The van der Waals surface area contributed by atoms with E-state index in [-0.39, 0.29) is 0 Å². The topological polar surface area (TPSA) is 21.3 Å². The zero-order valence-electron chi connectivity index (χ0n) is 11.5. The first-order valence-electron chi connectivity index (χ1n) is 6.84. The first-order valence-corrected chi connectivity index (χ1v) is 6.84. The van der Waals surface area contributed by atoms with Gasteiger partial charge in [-0.1, -0.05) is 27.7 Å². The van der Waals surface area contributed by atoms with Gasteiger partial charge in [0, 0.05) is 12.6 Å². The Labute approximate surface area is 101 Å². The first kappa shape index (κ1) is 14.0. The van der Waals surface area contributed by atoms with Gasteiger partial charge in [-0.3, -0.25) is 0 Å². The molecule has 0 aliphatic carbocycles. The van der Waals surface area contributed by atoms with Crippen LogP contribution < -0.4 is 5.32 Å². The molecule has 0 spiro atoms. The predicted molar refractivity (Wildman–Crippen MR) is 69.7 cm³/mol. The fourth-order valence-corrected chi connectivity index (χ4v) is 2.42. The standard InChI is InChI=1S/C14H29NO/c1-5-13(12-7-10-16-11-12)15-9-6-8-14(2,3)4/h12-13,15H,5-11H2,1-4H3. The maximum atomic E-state index is 5.46. The van der Waals surface area contributed by atoms with Crippen LogP contribution in [-0.2, 0) is 4.74 Å². The van der Waals surface area contributed by atoms with Crippen LogP contribution in [0, 0.1) is 11.3 Å². The normalized spacial score (nSPS) is 23.6. The van der Waals surface area contributed by atoms with E-state index in [1.807, 2.05) is 0 Å². The van der Waals surface area contributed by atoms with Crippen molar-refractivity contribution in [1.82, 2.24) is 5.32 Å². The second-order valence-electron chi connectivity index (χ2n) is 6.26. The molecule has 2 unspecified atom stereocenters. The van der Waals surface area contributed by atoms with E-state index in [9.17, 15) is 0 Å². The van der Waals surface area contributed by atoms with Crippen molar-refractivity contribution >= 4 is 0 Å². The van der Waals surface area contributed by atoms with Gasteiger partial charge in [-0.25, -0.2) is 0 Å². The van der Waals surface area contributed by atoms with Gasteiger partial charge in [0.2, 0.25) is 0 Å². The molecule has 0 bridgehead atoms. The van der Waals surface area contributed by atoms with Crippen LogP contribution in [0.1, 0.15) is 53.4 Å². The summed E-state index contributed by atoms with van der Waals surface area (Å²) in [6, 6.07) is 0.669. The molecule has 0 aromatic carbocycles. The Hall–Kier alpha value is -0.0800. The van der Waals surface area contributed by atoms with Gasteiger partial charge in [0.15, 0.2) is 0 Å². The van der Waals surface area contributed by atoms with Gasteiger partial charge < -0.3 is 10.1 Å². The summed E-state index contributed by atoms with van der Waals surface area (Å²) in [5, 5.41) is 3.70. The van der Waals surface area contributed by atoms with Crippen LogP contribution >= 0.6 is 0 Å². The average molecular weight is 227 g/mol. The Balaban J connectivity index is 2.14. The number of nitrogens with one attached hydrogen (secondary N) is 1. The maximum absolute atomic E-state index is 5.46. The van der Waals surface area contributed by atoms with Crippen LogP contribution in [0.5, 0.6) is 0 Å². The predicted octanol–water partition coefficient (Wildman–Crippen LogP) is 3.22. The van der Waals surface area contributed by atoms with Crippen LogP contribution in [0.4, 0.5) is 0 Å². The lowest BCUT2D eigenvalue weighted by Gasteiger charge is -2.24. The lowest BCUT2D eigenvalue weighted by molar-refractivity contribution is 0.175. The van der Waals surface area contributed by atoms with Gasteiger partial charge in [0.1, 0.15) is 0 Å². The van der Waals surface area contributed by atoms with E-state index in [4.69, 9.17) is 4.74 Å².